The van der Waals surface area contributed by atoms with Crippen molar-refractivity contribution in [3.05, 3.63) is 88.7 Å². The van der Waals surface area contributed by atoms with E-state index in [1.807, 2.05) is 12.1 Å². The molecule has 0 bridgehead atoms. The van der Waals surface area contributed by atoms with Crippen LogP contribution >= 0.6 is 11.6 Å². The summed E-state index contributed by atoms with van der Waals surface area (Å²) in [7, 11) is -2.19. The van der Waals surface area contributed by atoms with E-state index in [4.69, 9.17) is 16.3 Å². The van der Waals surface area contributed by atoms with Gasteiger partial charge in [0.1, 0.15) is 16.3 Å². The van der Waals surface area contributed by atoms with Gasteiger partial charge in [-0.1, -0.05) is 35.7 Å². The van der Waals surface area contributed by atoms with Gasteiger partial charge in [0.15, 0.2) is 0 Å². The monoisotopic (exact) mass is 495 g/mol. The van der Waals surface area contributed by atoms with Crippen LogP contribution in [0.1, 0.15) is 21.6 Å². The summed E-state index contributed by atoms with van der Waals surface area (Å²) in [5, 5.41) is 0.179. The summed E-state index contributed by atoms with van der Waals surface area (Å²) in [5.41, 5.74) is 1.63. The normalized spacial score (nSPS) is 14.2. The number of aromatic nitrogens is 1. The number of amides is 1. The lowest BCUT2D eigenvalue weighted by molar-refractivity contribution is 0.0698. The van der Waals surface area contributed by atoms with Crippen molar-refractivity contribution >= 4 is 27.5 Å². The maximum Gasteiger partial charge on any atom is 0.253 e. The molecule has 1 amide bonds. The second-order valence-electron chi connectivity index (χ2n) is 7.51. The number of hydrogen-bond donors (Lipinski definition) is 0. The van der Waals surface area contributed by atoms with Crippen LogP contribution < -0.4 is 4.74 Å². The van der Waals surface area contributed by atoms with E-state index < -0.39 is 10.0 Å². The number of benzene rings is 2. The van der Waals surface area contributed by atoms with Crippen molar-refractivity contribution in [1.29, 1.82) is 0 Å². The van der Waals surface area contributed by atoms with Crippen molar-refractivity contribution in [2.75, 3.05) is 33.3 Å². The van der Waals surface area contributed by atoms with Crippen molar-refractivity contribution in [3.63, 3.8) is 0 Å². The van der Waals surface area contributed by atoms with Gasteiger partial charge in [-0.05, 0) is 48.4 Å². The van der Waals surface area contributed by atoms with Gasteiger partial charge in [0, 0.05) is 37.9 Å². The largest absolute Gasteiger partial charge is 0.495 e. The van der Waals surface area contributed by atoms with E-state index in [0.29, 0.717) is 22.6 Å². The lowest BCUT2D eigenvalue weighted by atomic mass is 10.1. The number of hydrogen-bond acceptors (Lipinski definition) is 5. The summed E-state index contributed by atoms with van der Waals surface area (Å²) in [6.45, 7) is 0.899. The SMILES string of the molecule is COc1ccc(C(=O)N2CCN(S(=O)(=O)c3ccccc3Cl)CC2)cc1C#Cc1ccccn1. The standard InChI is InChI=1S/C25H22ClN3O4S/c1-33-23-12-10-20(18-19(23)9-11-21-6-4-5-13-27-21)25(30)28-14-16-29(17-15-28)34(31,32)24-8-3-2-7-22(24)26/h2-8,10,12-13,18H,14-17H2,1H3. The van der Waals surface area contributed by atoms with E-state index in [2.05, 4.69) is 16.8 Å². The molecular formula is C25H22ClN3O4S. The number of carbonyl (C=O) groups excluding carboxylic acids is 1. The van der Waals surface area contributed by atoms with Gasteiger partial charge >= 0.3 is 0 Å². The van der Waals surface area contributed by atoms with Crippen molar-refractivity contribution in [3.8, 4) is 17.6 Å². The molecule has 34 heavy (non-hydrogen) atoms. The van der Waals surface area contributed by atoms with Gasteiger partial charge in [-0.25, -0.2) is 13.4 Å². The third-order valence-corrected chi connectivity index (χ3v) is 7.82. The zero-order valence-electron chi connectivity index (χ0n) is 18.4. The first-order chi connectivity index (χ1) is 16.4. The number of rotatable bonds is 4. The Labute approximate surface area is 204 Å². The summed E-state index contributed by atoms with van der Waals surface area (Å²) < 4.78 is 32.7. The predicted molar refractivity (Wildman–Crippen MR) is 129 cm³/mol. The lowest BCUT2D eigenvalue weighted by Gasteiger charge is -2.34. The first kappa shape index (κ1) is 23.8. The van der Waals surface area contributed by atoms with Gasteiger partial charge in [0.05, 0.1) is 17.7 Å². The van der Waals surface area contributed by atoms with Crippen molar-refractivity contribution < 1.29 is 17.9 Å². The van der Waals surface area contributed by atoms with Gasteiger partial charge in [-0.15, -0.1) is 0 Å². The molecule has 3 aromatic rings. The van der Waals surface area contributed by atoms with E-state index in [0.717, 1.165) is 0 Å². The molecule has 4 rings (SSSR count). The first-order valence-electron chi connectivity index (χ1n) is 10.5. The topological polar surface area (TPSA) is 79.8 Å². The van der Waals surface area contributed by atoms with Crippen molar-refractivity contribution in [2.24, 2.45) is 0 Å². The van der Waals surface area contributed by atoms with Crippen molar-refractivity contribution in [1.82, 2.24) is 14.2 Å². The molecule has 0 saturated carbocycles. The van der Waals surface area contributed by atoms with E-state index in [1.165, 1.54) is 10.4 Å². The van der Waals surface area contributed by atoms with Crippen LogP contribution in [-0.4, -0.2) is 61.8 Å². The van der Waals surface area contributed by atoms with E-state index >= 15 is 0 Å². The Morgan fingerprint density at radius 2 is 1.74 bits per heavy atom. The fourth-order valence-corrected chi connectivity index (χ4v) is 5.53. The molecular weight excluding hydrogens is 474 g/mol. The highest BCUT2D eigenvalue weighted by Crippen LogP contribution is 2.26. The van der Waals surface area contributed by atoms with Crippen LogP contribution in [-0.2, 0) is 10.0 Å². The Morgan fingerprint density at radius 1 is 1.00 bits per heavy atom. The Balaban J connectivity index is 1.49. The number of nitrogens with zero attached hydrogens (tertiary/aromatic N) is 3. The molecule has 1 saturated heterocycles. The molecule has 7 nitrogen and oxygen atoms in total. The van der Waals surface area contributed by atoms with E-state index in [-0.39, 0.29) is 42.0 Å². The van der Waals surface area contributed by atoms with E-state index in [9.17, 15) is 13.2 Å². The second kappa shape index (κ2) is 10.3. The smallest absolute Gasteiger partial charge is 0.253 e. The summed E-state index contributed by atoms with van der Waals surface area (Å²) in [6, 6.07) is 16.9. The molecule has 174 valence electrons. The first-order valence-corrected chi connectivity index (χ1v) is 12.4. The van der Waals surface area contributed by atoms with Crippen LogP contribution in [0, 0.1) is 11.8 Å². The molecule has 1 aliphatic heterocycles. The predicted octanol–water partition coefficient (Wildman–Crippen LogP) is 3.29. The van der Waals surface area contributed by atoms with Gasteiger partial charge in [-0.3, -0.25) is 4.79 Å². The number of methoxy groups -OCH3 is 1. The Kier molecular flexibility index (Phi) is 7.17. The molecule has 2 aromatic carbocycles. The molecule has 9 heteroatoms. The molecule has 0 radical (unpaired) electrons. The van der Waals surface area contributed by atoms with Crippen LogP contribution in [0.4, 0.5) is 0 Å². The zero-order chi connectivity index (χ0) is 24.1. The highest BCUT2D eigenvalue weighted by molar-refractivity contribution is 7.89. The zero-order valence-corrected chi connectivity index (χ0v) is 20.0. The molecule has 0 spiro atoms. The lowest BCUT2D eigenvalue weighted by Crippen LogP contribution is -2.50. The summed E-state index contributed by atoms with van der Waals surface area (Å²) in [6.07, 6.45) is 1.66. The molecule has 0 atom stereocenters. The van der Waals surface area contributed by atoms with Crippen LogP contribution in [0.15, 0.2) is 71.8 Å². The Hall–Kier alpha value is -3.38. The van der Waals surface area contributed by atoms with Gasteiger partial charge < -0.3 is 9.64 Å². The molecule has 1 fully saturated rings. The van der Waals surface area contributed by atoms with Crippen LogP contribution in [0.3, 0.4) is 0 Å². The fourth-order valence-electron chi connectivity index (χ4n) is 3.61. The minimum Gasteiger partial charge on any atom is -0.495 e. The average Bonchev–Trinajstić information content (AvgIpc) is 2.87. The molecule has 1 aromatic heterocycles. The van der Waals surface area contributed by atoms with E-state index in [1.54, 1.807) is 60.7 Å². The second-order valence-corrected chi connectivity index (χ2v) is 9.82. The number of halogens is 1. The van der Waals surface area contributed by atoms with Gasteiger partial charge in [-0.2, -0.15) is 4.31 Å². The Morgan fingerprint density at radius 3 is 2.41 bits per heavy atom. The highest BCUT2D eigenvalue weighted by Gasteiger charge is 2.31. The maximum absolute atomic E-state index is 13.1. The maximum atomic E-state index is 13.1. The summed E-state index contributed by atoms with van der Waals surface area (Å²) in [4.78, 5) is 19.0. The minimum absolute atomic E-state index is 0.0720. The van der Waals surface area contributed by atoms with Crippen LogP contribution in [0.25, 0.3) is 0 Å². The summed E-state index contributed by atoms with van der Waals surface area (Å²) in [5.74, 6) is 6.35. The molecule has 0 N–H and O–H groups in total. The van der Waals surface area contributed by atoms with Gasteiger partial charge in [0.2, 0.25) is 10.0 Å². The third kappa shape index (κ3) is 5.07. The average molecular weight is 496 g/mol. The van der Waals surface area contributed by atoms with Crippen LogP contribution in [0.2, 0.25) is 5.02 Å². The molecule has 0 unspecified atom stereocenters. The minimum atomic E-state index is -3.73. The fraction of sp³-hybridized carbons (Fsp3) is 0.200. The number of ether oxygens (including phenoxy) is 1. The van der Waals surface area contributed by atoms with Crippen LogP contribution in [0.5, 0.6) is 5.75 Å². The number of sulfonamides is 1. The third-order valence-electron chi connectivity index (χ3n) is 5.42. The number of piperazine rings is 1. The number of carbonyl (C=O) groups is 1. The molecule has 2 heterocycles. The molecule has 0 aliphatic carbocycles. The highest BCUT2D eigenvalue weighted by atomic mass is 35.5. The van der Waals surface area contributed by atoms with Gasteiger partial charge in [0.25, 0.3) is 5.91 Å². The molecule has 1 aliphatic rings. The Bertz CT molecular complexity index is 1360. The van der Waals surface area contributed by atoms with Crippen molar-refractivity contribution in [2.45, 2.75) is 4.90 Å². The summed E-state index contributed by atoms with van der Waals surface area (Å²) >= 11 is 6.10. The number of pyridine rings is 1. The quantitative estimate of drug-likeness (QED) is 0.519.